The lowest BCUT2D eigenvalue weighted by Crippen LogP contribution is -2.19. The molecule has 54 valence electrons. The van der Waals surface area contributed by atoms with Crippen LogP contribution in [0.25, 0.3) is 0 Å². The van der Waals surface area contributed by atoms with Gasteiger partial charge in [-0.15, -0.1) is 0 Å². The van der Waals surface area contributed by atoms with Gasteiger partial charge in [-0.05, 0) is 0 Å². The molecule has 0 aromatic carbocycles. The molecule has 0 saturated carbocycles. The molecule has 1 rings (SSSR count). The average molecular weight is 158 g/mol. The molecule has 0 amide bonds. The largest absolute Gasteiger partial charge is 0.308 e. The zero-order valence-electron chi connectivity index (χ0n) is 4.25. The van der Waals surface area contributed by atoms with Gasteiger partial charge >= 0.3 is 11.4 Å². The van der Waals surface area contributed by atoms with E-state index >= 15 is 0 Å². The fraction of sp³-hybridized carbons (Fsp3) is 1.00. The van der Waals surface area contributed by atoms with Crippen molar-refractivity contribution in [2.45, 2.75) is 12.5 Å². The number of hydrogen-bond acceptors (Lipinski definition) is 3. The summed E-state index contributed by atoms with van der Waals surface area (Å²) in [7, 11) is 0. The Bertz CT molecular complexity index is 130. The van der Waals surface area contributed by atoms with Crippen molar-refractivity contribution in [2.75, 3.05) is 6.67 Å². The van der Waals surface area contributed by atoms with Crippen LogP contribution in [0.4, 0.5) is 8.78 Å². The summed E-state index contributed by atoms with van der Waals surface area (Å²) in [5.74, 6) is 0. The average Bonchev–Trinajstić information content (AvgIpc) is 2.10. The highest BCUT2D eigenvalue weighted by atomic mass is 32.2. The predicted molar refractivity (Wildman–Crippen MR) is 25.0 cm³/mol. The third kappa shape index (κ3) is 1.44. The molecule has 3 nitrogen and oxygen atoms in total. The summed E-state index contributed by atoms with van der Waals surface area (Å²) < 4.78 is 41.7. The van der Waals surface area contributed by atoms with Crippen LogP contribution in [-0.2, 0) is 19.7 Å². The van der Waals surface area contributed by atoms with Gasteiger partial charge in [-0.25, -0.2) is 13.0 Å². The molecular formula is C3H4F2O3S. The first kappa shape index (κ1) is 7.04. The number of alkyl halides is 2. The Labute approximate surface area is 52.8 Å². The van der Waals surface area contributed by atoms with Crippen molar-refractivity contribution in [1.82, 2.24) is 0 Å². The summed E-state index contributed by atoms with van der Waals surface area (Å²) in [4.78, 5) is 0. The Kier molecular flexibility index (Phi) is 2.09. The van der Waals surface area contributed by atoms with E-state index in [0.29, 0.717) is 0 Å². The molecule has 1 fully saturated rings. The zero-order chi connectivity index (χ0) is 6.85. The Morgan fingerprint density at radius 1 is 1.56 bits per heavy atom. The van der Waals surface area contributed by atoms with E-state index in [4.69, 9.17) is 0 Å². The summed E-state index contributed by atoms with van der Waals surface area (Å²) in [6.45, 7) is -1.02. The number of rotatable bonds is 1. The van der Waals surface area contributed by atoms with Gasteiger partial charge in [-0.2, -0.15) is 4.21 Å². The van der Waals surface area contributed by atoms with Crippen LogP contribution in [0.15, 0.2) is 0 Å². The molecule has 0 aromatic rings. The lowest BCUT2D eigenvalue weighted by atomic mass is 10.4. The molecule has 0 radical (unpaired) electrons. The van der Waals surface area contributed by atoms with Crippen LogP contribution in [0, 0.1) is 0 Å². The van der Waals surface area contributed by atoms with Crippen LogP contribution in [0.1, 0.15) is 0 Å². The molecule has 0 N–H and O–H groups in total. The SMILES string of the molecule is O=S1OC(F)C(CF)O1. The van der Waals surface area contributed by atoms with E-state index in [2.05, 4.69) is 8.37 Å². The van der Waals surface area contributed by atoms with Crippen molar-refractivity contribution in [3.8, 4) is 0 Å². The molecule has 0 spiro atoms. The summed E-state index contributed by atoms with van der Waals surface area (Å²) in [6, 6.07) is 0. The van der Waals surface area contributed by atoms with Gasteiger partial charge in [-0.3, -0.25) is 4.18 Å². The van der Waals surface area contributed by atoms with E-state index in [1.54, 1.807) is 0 Å². The molecular weight excluding hydrogens is 154 g/mol. The van der Waals surface area contributed by atoms with Crippen LogP contribution < -0.4 is 0 Å². The number of hydrogen-bond donors (Lipinski definition) is 0. The van der Waals surface area contributed by atoms with E-state index in [1.807, 2.05) is 0 Å². The van der Waals surface area contributed by atoms with E-state index in [-0.39, 0.29) is 0 Å². The molecule has 3 atom stereocenters. The highest BCUT2D eigenvalue weighted by Gasteiger charge is 2.35. The maximum Gasteiger partial charge on any atom is 0.308 e. The van der Waals surface area contributed by atoms with Gasteiger partial charge in [0, 0.05) is 0 Å². The third-order valence-electron chi connectivity index (χ3n) is 0.817. The first-order valence-corrected chi connectivity index (χ1v) is 3.20. The van der Waals surface area contributed by atoms with Crippen LogP contribution >= 0.6 is 0 Å². The molecule has 9 heavy (non-hydrogen) atoms. The molecule has 3 unspecified atom stereocenters. The lowest BCUT2D eigenvalue weighted by molar-refractivity contribution is 0.0272. The first-order chi connectivity index (χ1) is 4.24. The first-order valence-electron chi connectivity index (χ1n) is 2.20. The quantitative estimate of drug-likeness (QED) is 0.548. The summed E-state index contributed by atoms with van der Waals surface area (Å²) in [5.41, 5.74) is 0. The highest BCUT2D eigenvalue weighted by Crippen LogP contribution is 2.18. The van der Waals surface area contributed by atoms with Crippen LogP contribution in [0.2, 0.25) is 0 Å². The molecule has 1 saturated heterocycles. The monoisotopic (exact) mass is 158 g/mol. The standard InChI is InChI=1S/C3H4F2O3S/c4-1-2-3(5)8-9(6)7-2/h2-3H,1H2. The second-order valence-corrected chi connectivity index (χ2v) is 2.23. The molecule has 1 heterocycles. The molecule has 6 heteroatoms. The molecule has 0 aliphatic carbocycles. The van der Waals surface area contributed by atoms with Gasteiger partial charge < -0.3 is 0 Å². The van der Waals surface area contributed by atoms with Gasteiger partial charge in [0.15, 0.2) is 6.10 Å². The van der Waals surface area contributed by atoms with Gasteiger partial charge in [0.05, 0.1) is 0 Å². The van der Waals surface area contributed by atoms with Crippen molar-refractivity contribution in [3.63, 3.8) is 0 Å². The van der Waals surface area contributed by atoms with Crippen molar-refractivity contribution >= 4 is 11.4 Å². The fourth-order valence-electron chi connectivity index (χ4n) is 0.400. The molecule has 0 bridgehead atoms. The van der Waals surface area contributed by atoms with Gasteiger partial charge in [0.1, 0.15) is 6.67 Å². The second kappa shape index (κ2) is 2.68. The molecule has 1 aliphatic heterocycles. The topological polar surface area (TPSA) is 35.5 Å². The van der Waals surface area contributed by atoms with Crippen LogP contribution in [0.3, 0.4) is 0 Å². The van der Waals surface area contributed by atoms with E-state index in [9.17, 15) is 13.0 Å². The lowest BCUT2D eigenvalue weighted by Gasteiger charge is -1.98. The minimum Gasteiger partial charge on any atom is -0.256 e. The normalized spacial score (nSPS) is 43.6. The van der Waals surface area contributed by atoms with Crippen molar-refractivity contribution in [2.24, 2.45) is 0 Å². The van der Waals surface area contributed by atoms with Gasteiger partial charge in [0.25, 0.3) is 0 Å². The Hall–Kier alpha value is -0.0700. The Morgan fingerprint density at radius 2 is 2.22 bits per heavy atom. The second-order valence-electron chi connectivity index (χ2n) is 1.44. The Morgan fingerprint density at radius 3 is 2.44 bits per heavy atom. The van der Waals surface area contributed by atoms with Crippen LogP contribution in [-0.4, -0.2) is 23.3 Å². The van der Waals surface area contributed by atoms with E-state index in [0.717, 1.165) is 0 Å². The zero-order valence-corrected chi connectivity index (χ0v) is 5.07. The minimum atomic E-state index is -2.10. The minimum absolute atomic E-state index is 1.02. The van der Waals surface area contributed by atoms with Gasteiger partial charge in [-0.1, -0.05) is 0 Å². The maximum absolute atomic E-state index is 12.1. The maximum atomic E-state index is 12.1. The number of halogens is 2. The van der Waals surface area contributed by atoms with Gasteiger partial charge in [0.2, 0.25) is 6.36 Å². The summed E-state index contributed by atoms with van der Waals surface area (Å²) >= 11 is -2.10. The van der Waals surface area contributed by atoms with Crippen molar-refractivity contribution < 1.29 is 21.4 Å². The van der Waals surface area contributed by atoms with Crippen molar-refractivity contribution in [1.29, 1.82) is 0 Å². The third-order valence-corrected chi connectivity index (χ3v) is 1.56. The summed E-state index contributed by atoms with van der Waals surface area (Å²) in [6.07, 6.45) is -3.21. The summed E-state index contributed by atoms with van der Waals surface area (Å²) in [5, 5.41) is 0. The highest BCUT2D eigenvalue weighted by molar-refractivity contribution is 7.75. The molecule has 1 aliphatic rings. The Balaban J connectivity index is 2.47. The van der Waals surface area contributed by atoms with E-state index < -0.39 is 30.5 Å². The predicted octanol–water partition coefficient (Wildman–Crippen LogP) is 0.246. The van der Waals surface area contributed by atoms with E-state index in [1.165, 1.54) is 0 Å². The molecule has 0 aromatic heterocycles. The fourth-order valence-corrected chi connectivity index (χ4v) is 1.06. The smallest absolute Gasteiger partial charge is 0.256 e. The van der Waals surface area contributed by atoms with Crippen LogP contribution in [0.5, 0.6) is 0 Å². The van der Waals surface area contributed by atoms with Crippen molar-refractivity contribution in [3.05, 3.63) is 0 Å².